The van der Waals surface area contributed by atoms with Gasteiger partial charge >= 0.3 is 0 Å². The van der Waals surface area contributed by atoms with Gasteiger partial charge < -0.3 is 14.2 Å². The maximum atomic E-state index is 6.30. The summed E-state index contributed by atoms with van der Waals surface area (Å²) >= 11 is 0. The minimum Gasteiger partial charge on any atom is -0.456 e. The number of rotatable bonds is 5. The number of fused-ring (bicyclic) bond motifs is 8. The van der Waals surface area contributed by atoms with Crippen molar-refractivity contribution in [2.24, 2.45) is 4.99 Å². The molecule has 0 fully saturated rings. The standard InChI is InChI=1S/C52H34N4O2/c1-2-13-31(14-3-1)49-54-50(56-51(55-49)42-21-11-25-46-48(42)43-22-12-30-53-52(43)58-46)40-29-28-37(34-17-6-7-18-35(34)40)36-26-27-38(33-16-5-4-15-32(33)36)39-20-10-24-45-47(39)41-19-8-9-23-44(41)57-45/h1-30,49,51,55H,(H,54,56). The Balaban J connectivity index is 1.01. The van der Waals surface area contributed by atoms with Crippen molar-refractivity contribution in [3.05, 3.63) is 199 Å². The quantitative estimate of drug-likeness (QED) is 0.183. The second-order valence-corrected chi connectivity index (χ2v) is 14.9. The van der Waals surface area contributed by atoms with Gasteiger partial charge in [0, 0.05) is 38.9 Å². The second kappa shape index (κ2) is 13.0. The van der Waals surface area contributed by atoms with Gasteiger partial charge in [-0.3, -0.25) is 5.32 Å². The van der Waals surface area contributed by atoms with Crippen LogP contribution < -0.4 is 10.6 Å². The van der Waals surface area contributed by atoms with Gasteiger partial charge in [-0.1, -0.05) is 146 Å². The van der Waals surface area contributed by atoms with E-state index < -0.39 is 0 Å². The molecule has 1 aliphatic heterocycles. The van der Waals surface area contributed by atoms with Gasteiger partial charge in [0.25, 0.3) is 0 Å². The van der Waals surface area contributed by atoms with Gasteiger partial charge in [-0.2, -0.15) is 0 Å². The van der Waals surface area contributed by atoms with Crippen LogP contribution in [0.1, 0.15) is 29.0 Å². The molecule has 6 heteroatoms. The number of hydrogen-bond donors (Lipinski definition) is 2. The van der Waals surface area contributed by atoms with Crippen LogP contribution in [-0.2, 0) is 0 Å². The number of nitrogens with zero attached hydrogens (tertiary/aromatic N) is 2. The molecule has 12 rings (SSSR count). The van der Waals surface area contributed by atoms with E-state index in [2.05, 4.69) is 155 Å². The predicted octanol–water partition coefficient (Wildman–Crippen LogP) is 12.9. The zero-order valence-electron chi connectivity index (χ0n) is 31.2. The molecule has 0 saturated carbocycles. The minimum absolute atomic E-state index is 0.269. The highest BCUT2D eigenvalue weighted by Gasteiger charge is 2.29. The van der Waals surface area contributed by atoms with Crippen molar-refractivity contribution < 1.29 is 8.83 Å². The van der Waals surface area contributed by atoms with E-state index in [1.807, 2.05) is 36.4 Å². The highest BCUT2D eigenvalue weighted by Crippen LogP contribution is 2.43. The van der Waals surface area contributed by atoms with Crippen LogP contribution in [-0.4, -0.2) is 10.8 Å². The molecule has 2 atom stereocenters. The lowest BCUT2D eigenvalue weighted by Gasteiger charge is -2.33. The van der Waals surface area contributed by atoms with Crippen LogP contribution in [0, 0.1) is 0 Å². The minimum atomic E-state index is -0.291. The first kappa shape index (κ1) is 32.7. The van der Waals surface area contributed by atoms with Crippen molar-refractivity contribution in [2.75, 3.05) is 0 Å². The molecule has 1 aliphatic rings. The molecule has 0 spiro atoms. The number of para-hydroxylation sites is 1. The maximum Gasteiger partial charge on any atom is 0.227 e. The Hall–Kier alpha value is -7.54. The summed E-state index contributed by atoms with van der Waals surface area (Å²) < 4.78 is 12.5. The number of amidine groups is 1. The van der Waals surface area contributed by atoms with E-state index in [-0.39, 0.29) is 12.3 Å². The van der Waals surface area contributed by atoms with E-state index in [1.165, 1.54) is 33.0 Å². The monoisotopic (exact) mass is 746 g/mol. The topological polar surface area (TPSA) is 75.6 Å². The van der Waals surface area contributed by atoms with Crippen LogP contribution in [0.3, 0.4) is 0 Å². The molecule has 2 unspecified atom stereocenters. The fraction of sp³-hybridized carbons (Fsp3) is 0.0385. The Labute approximate surface area is 333 Å². The van der Waals surface area contributed by atoms with E-state index >= 15 is 0 Å². The molecular weight excluding hydrogens is 713 g/mol. The second-order valence-electron chi connectivity index (χ2n) is 14.9. The third kappa shape index (κ3) is 5.09. The normalized spacial score (nSPS) is 15.8. The maximum absolute atomic E-state index is 6.30. The zero-order chi connectivity index (χ0) is 38.2. The van der Waals surface area contributed by atoms with Crippen LogP contribution >= 0.6 is 0 Å². The number of aromatic nitrogens is 1. The zero-order valence-corrected chi connectivity index (χ0v) is 31.2. The van der Waals surface area contributed by atoms with Gasteiger partial charge in [0.1, 0.15) is 34.9 Å². The molecule has 4 heterocycles. The molecular formula is C52H34N4O2. The average Bonchev–Trinajstić information content (AvgIpc) is 3.87. The summed E-state index contributed by atoms with van der Waals surface area (Å²) in [6.45, 7) is 0. The molecule has 0 bridgehead atoms. The SMILES string of the molecule is c1ccc(C2N=C(c3ccc(-c4ccc(-c5cccc6oc7ccccc7c56)c5ccccc45)c4ccccc34)NC(c3cccc4oc5ncccc5c34)N2)cc1. The molecule has 11 aromatic rings. The first-order valence-electron chi connectivity index (χ1n) is 19.6. The van der Waals surface area contributed by atoms with Gasteiger partial charge in [-0.25, -0.2) is 9.98 Å². The van der Waals surface area contributed by atoms with Crippen LogP contribution in [0.4, 0.5) is 0 Å². The molecule has 0 amide bonds. The highest BCUT2D eigenvalue weighted by atomic mass is 16.3. The van der Waals surface area contributed by atoms with Crippen molar-refractivity contribution in [1.29, 1.82) is 0 Å². The van der Waals surface area contributed by atoms with E-state index in [9.17, 15) is 0 Å². The summed E-state index contributed by atoms with van der Waals surface area (Å²) in [5.41, 5.74) is 11.1. The van der Waals surface area contributed by atoms with Crippen molar-refractivity contribution in [2.45, 2.75) is 12.3 Å². The Bertz CT molecular complexity index is 3440. The summed E-state index contributed by atoms with van der Waals surface area (Å²) in [6.07, 6.45) is 1.21. The summed E-state index contributed by atoms with van der Waals surface area (Å²) in [5.74, 6) is 0.823. The Morgan fingerprint density at radius 2 is 0.983 bits per heavy atom. The summed E-state index contributed by atoms with van der Waals surface area (Å²) in [7, 11) is 0. The largest absolute Gasteiger partial charge is 0.456 e. The fourth-order valence-corrected chi connectivity index (χ4v) is 9.10. The molecule has 0 saturated heterocycles. The predicted molar refractivity (Wildman–Crippen MR) is 236 cm³/mol. The Morgan fingerprint density at radius 3 is 1.72 bits per heavy atom. The van der Waals surface area contributed by atoms with Crippen LogP contribution in [0.15, 0.2) is 196 Å². The van der Waals surface area contributed by atoms with Gasteiger partial charge in [0.15, 0.2) is 0 Å². The van der Waals surface area contributed by atoms with Crippen LogP contribution in [0.2, 0.25) is 0 Å². The van der Waals surface area contributed by atoms with Crippen molar-refractivity contribution in [3.63, 3.8) is 0 Å². The molecule has 0 aliphatic carbocycles. The van der Waals surface area contributed by atoms with Crippen molar-refractivity contribution in [1.82, 2.24) is 15.6 Å². The number of hydrogen-bond acceptors (Lipinski definition) is 6. The molecule has 8 aromatic carbocycles. The van der Waals surface area contributed by atoms with Crippen molar-refractivity contribution in [3.8, 4) is 22.3 Å². The molecule has 58 heavy (non-hydrogen) atoms. The van der Waals surface area contributed by atoms with Gasteiger partial charge in [-0.15, -0.1) is 0 Å². The molecule has 274 valence electrons. The lowest BCUT2D eigenvalue weighted by Crippen LogP contribution is -2.45. The van der Waals surface area contributed by atoms with E-state index in [1.54, 1.807) is 6.20 Å². The van der Waals surface area contributed by atoms with Gasteiger partial charge in [-0.05, 0) is 79.7 Å². The van der Waals surface area contributed by atoms with Crippen LogP contribution in [0.5, 0.6) is 0 Å². The summed E-state index contributed by atoms with van der Waals surface area (Å²) in [6, 6.07) is 61.8. The molecule has 3 aromatic heterocycles. The summed E-state index contributed by atoms with van der Waals surface area (Å²) in [4.78, 5) is 9.89. The van der Waals surface area contributed by atoms with Gasteiger partial charge in [0.05, 0.1) is 0 Å². The molecule has 6 nitrogen and oxygen atoms in total. The van der Waals surface area contributed by atoms with Crippen molar-refractivity contribution >= 4 is 71.4 Å². The van der Waals surface area contributed by atoms with E-state index in [4.69, 9.17) is 13.8 Å². The first-order chi connectivity index (χ1) is 28.8. The number of nitrogens with one attached hydrogen (secondary N) is 2. The Kier molecular flexibility index (Phi) is 7.33. The highest BCUT2D eigenvalue weighted by molar-refractivity contribution is 6.19. The lowest BCUT2D eigenvalue weighted by molar-refractivity contribution is 0.411. The first-order valence-corrected chi connectivity index (χ1v) is 19.6. The van der Waals surface area contributed by atoms with E-state index in [0.717, 1.165) is 71.6 Å². The van der Waals surface area contributed by atoms with Gasteiger partial charge in [0.2, 0.25) is 5.71 Å². The summed E-state index contributed by atoms with van der Waals surface area (Å²) in [5, 5.41) is 16.6. The third-order valence-corrected chi connectivity index (χ3v) is 11.7. The number of furan rings is 2. The number of aliphatic imine (C=N–C) groups is 1. The van der Waals surface area contributed by atoms with E-state index in [0.29, 0.717) is 5.71 Å². The van der Waals surface area contributed by atoms with Crippen LogP contribution in [0.25, 0.3) is 87.8 Å². The number of pyridine rings is 1. The Morgan fingerprint density at radius 1 is 0.414 bits per heavy atom. The average molecular weight is 747 g/mol. The lowest BCUT2D eigenvalue weighted by atomic mass is 9.88. The third-order valence-electron chi connectivity index (χ3n) is 11.7. The fourth-order valence-electron chi connectivity index (χ4n) is 9.10. The smallest absolute Gasteiger partial charge is 0.227 e. The molecule has 0 radical (unpaired) electrons. The number of benzene rings is 8. The molecule has 2 N–H and O–H groups in total.